The van der Waals surface area contributed by atoms with E-state index in [-0.39, 0.29) is 0 Å². The molecule has 1 aliphatic rings. The maximum absolute atomic E-state index is 12.1. The molecule has 2 N–H and O–H groups in total. The summed E-state index contributed by atoms with van der Waals surface area (Å²) in [6.07, 6.45) is 3.74. The summed E-state index contributed by atoms with van der Waals surface area (Å²) in [7, 11) is 0. The Kier molecular flexibility index (Phi) is 4.31. The lowest BCUT2D eigenvalue weighted by molar-refractivity contribution is -0.143. The smallest absolute Gasteiger partial charge is 0.326 e. The average molecular weight is 284 g/mol. The summed E-state index contributed by atoms with van der Waals surface area (Å²) in [5.74, 6) is -0.578. The van der Waals surface area contributed by atoms with Crippen molar-refractivity contribution in [2.75, 3.05) is 11.9 Å². The Balaban J connectivity index is 2.04. The average Bonchev–Trinajstić information content (AvgIpc) is 2.90. The van der Waals surface area contributed by atoms with E-state index in [2.05, 4.69) is 14.9 Å². The van der Waals surface area contributed by atoms with Crippen molar-refractivity contribution in [1.29, 1.82) is 0 Å². The Morgan fingerprint density at radius 2 is 2.42 bits per heavy atom. The lowest BCUT2D eigenvalue weighted by Crippen LogP contribution is -2.51. The molecule has 2 heterocycles. The molecule has 0 bridgehead atoms. The van der Waals surface area contributed by atoms with Gasteiger partial charge in [0.1, 0.15) is 11.0 Å². The molecule has 19 heavy (non-hydrogen) atoms. The first-order valence-electron chi connectivity index (χ1n) is 6.19. The van der Waals surface area contributed by atoms with Gasteiger partial charge in [-0.05, 0) is 18.8 Å². The normalized spacial score (nSPS) is 23.1. The van der Waals surface area contributed by atoms with Gasteiger partial charge >= 0.3 is 12.0 Å². The number of rotatable bonds is 3. The summed E-state index contributed by atoms with van der Waals surface area (Å²) in [5, 5.41) is 16.0. The maximum Gasteiger partial charge on any atom is 0.326 e. The minimum atomic E-state index is -0.948. The molecule has 1 fully saturated rings. The first-order valence-corrected chi connectivity index (χ1v) is 6.97. The van der Waals surface area contributed by atoms with Crippen LogP contribution < -0.4 is 5.32 Å². The third kappa shape index (κ3) is 3.19. The Morgan fingerprint density at radius 3 is 3.00 bits per heavy atom. The fourth-order valence-corrected chi connectivity index (χ4v) is 2.70. The number of carboxylic acids is 1. The zero-order valence-corrected chi connectivity index (χ0v) is 11.4. The van der Waals surface area contributed by atoms with Gasteiger partial charge in [-0.1, -0.05) is 17.8 Å². The number of carbonyl (C=O) groups is 2. The molecule has 2 amide bonds. The Morgan fingerprint density at radius 1 is 1.63 bits per heavy atom. The van der Waals surface area contributed by atoms with Gasteiger partial charge in [0.2, 0.25) is 0 Å². The quantitative estimate of drug-likeness (QED) is 0.879. The molecule has 1 aliphatic heterocycles. The van der Waals surface area contributed by atoms with Gasteiger partial charge in [0.15, 0.2) is 0 Å². The number of carboxylic acid groups (broad SMARTS) is 1. The monoisotopic (exact) mass is 284 g/mol. The highest BCUT2D eigenvalue weighted by molar-refractivity contribution is 7.10. The second kappa shape index (κ2) is 5.96. The van der Waals surface area contributed by atoms with E-state index in [9.17, 15) is 14.7 Å². The number of amides is 2. The van der Waals surface area contributed by atoms with Crippen molar-refractivity contribution < 1.29 is 14.7 Å². The lowest BCUT2D eigenvalue weighted by atomic mass is 9.89. The molecular weight excluding hydrogens is 268 g/mol. The molecule has 8 heteroatoms. The van der Waals surface area contributed by atoms with Gasteiger partial charge in [0, 0.05) is 18.1 Å². The van der Waals surface area contributed by atoms with Crippen LogP contribution in [0.1, 0.15) is 26.2 Å². The SMILES string of the molecule is CCC1CCN(C(=O)Nc2cnns2)C(C(=O)O)C1. The van der Waals surface area contributed by atoms with Crippen LogP contribution in [0.2, 0.25) is 0 Å². The zero-order chi connectivity index (χ0) is 13.8. The summed E-state index contributed by atoms with van der Waals surface area (Å²) >= 11 is 1.06. The molecule has 1 saturated heterocycles. The molecule has 104 valence electrons. The lowest BCUT2D eigenvalue weighted by Gasteiger charge is -2.36. The van der Waals surface area contributed by atoms with Crippen molar-refractivity contribution in [3.63, 3.8) is 0 Å². The van der Waals surface area contributed by atoms with Gasteiger partial charge in [-0.25, -0.2) is 9.59 Å². The van der Waals surface area contributed by atoms with Crippen LogP contribution in [0.4, 0.5) is 9.80 Å². The predicted octanol–water partition coefficient (Wildman–Crippen LogP) is 1.65. The van der Waals surface area contributed by atoms with Crippen molar-refractivity contribution in [2.45, 2.75) is 32.2 Å². The van der Waals surface area contributed by atoms with Gasteiger partial charge in [0.25, 0.3) is 0 Å². The molecule has 2 rings (SSSR count). The second-order valence-corrected chi connectivity index (χ2v) is 5.34. The molecule has 1 aromatic rings. The Bertz CT molecular complexity index is 451. The minimum Gasteiger partial charge on any atom is -0.480 e. The van der Waals surface area contributed by atoms with Crippen molar-refractivity contribution >= 4 is 28.5 Å². The highest BCUT2D eigenvalue weighted by Gasteiger charge is 2.35. The van der Waals surface area contributed by atoms with Crippen molar-refractivity contribution in [1.82, 2.24) is 14.5 Å². The van der Waals surface area contributed by atoms with Gasteiger partial charge in [-0.2, -0.15) is 0 Å². The number of aromatic nitrogens is 2. The van der Waals surface area contributed by atoms with E-state index in [0.717, 1.165) is 24.4 Å². The number of urea groups is 1. The number of anilines is 1. The molecule has 0 aliphatic carbocycles. The van der Waals surface area contributed by atoms with Crippen LogP contribution in [0, 0.1) is 5.92 Å². The van der Waals surface area contributed by atoms with E-state index in [4.69, 9.17) is 0 Å². The first-order chi connectivity index (χ1) is 9.11. The van der Waals surface area contributed by atoms with Crippen LogP contribution in [-0.2, 0) is 4.79 Å². The number of aliphatic carboxylic acids is 1. The van der Waals surface area contributed by atoms with Crippen LogP contribution in [0.3, 0.4) is 0 Å². The standard InChI is InChI=1S/C11H16N4O3S/c1-2-7-3-4-15(8(5-7)10(16)17)11(18)13-9-6-12-14-19-9/h6-8H,2-5H2,1H3,(H,13,18)(H,16,17). The molecule has 2 atom stereocenters. The molecule has 7 nitrogen and oxygen atoms in total. The number of hydrogen-bond donors (Lipinski definition) is 2. The van der Waals surface area contributed by atoms with Crippen molar-refractivity contribution in [2.24, 2.45) is 5.92 Å². The van der Waals surface area contributed by atoms with Gasteiger partial charge in [-0.15, -0.1) is 5.10 Å². The molecule has 0 radical (unpaired) electrons. The van der Waals surface area contributed by atoms with Crippen LogP contribution in [0.5, 0.6) is 0 Å². The summed E-state index contributed by atoms with van der Waals surface area (Å²) < 4.78 is 3.64. The largest absolute Gasteiger partial charge is 0.480 e. The maximum atomic E-state index is 12.1. The van der Waals surface area contributed by atoms with Crippen LogP contribution in [0.25, 0.3) is 0 Å². The van der Waals surface area contributed by atoms with E-state index in [1.165, 1.54) is 11.1 Å². The molecule has 0 spiro atoms. The van der Waals surface area contributed by atoms with Gasteiger partial charge in [0.05, 0.1) is 6.20 Å². The third-order valence-electron chi connectivity index (χ3n) is 3.43. The Labute approximate surface area is 114 Å². The molecule has 0 saturated carbocycles. The molecule has 2 unspecified atom stereocenters. The highest BCUT2D eigenvalue weighted by Crippen LogP contribution is 2.26. The second-order valence-electron chi connectivity index (χ2n) is 4.56. The van der Waals surface area contributed by atoms with E-state index >= 15 is 0 Å². The molecule has 0 aromatic carbocycles. The fourth-order valence-electron chi connectivity index (χ4n) is 2.29. The van der Waals surface area contributed by atoms with Crippen molar-refractivity contribution in [3.8, 4) is 0 Å². The van der Waals surface area contributed by atoms with E-state index in [0.29, 0.717) is 23.9 Å². The number of likely N-dealkylation sites (tertiary alicyclic amines) is 1. The molecule has 1 aromatic heterocycles. The number of piperidine rings is 1. The summed E-state index contributed by atoms with van der Waals surface area (Å²) in [6.45, 7) is 2.51. The third-order valence-corrected chi connectivity index (χ3v) is 4.01. The van der Waals surface area contributed by atoms with E-state index in [1.54, 1.807) is 0 Å². The Hall–Kier alpha value is -1.70. The van der Waals surface area contributed by atoms with E-state index < -0.39 is 18.0 Å². The van der Waals surface area contributed by atoms with Gasteiger partial charge < -0.3 is 10.0 Å². The highest BCUT2D eigenvalue weighted by atomic mass is 32.1. The van der Waals surface area contributed by atoms with Crippen LogP contribution >= 0.6 is 11.5 Å². The number of nitrogens with zero attached hydrogens (tertiary/aromatic N) is 3. The topological polar surface area (TPSA) is 95.4 Å². The first kappa shape index (κ1) is 13.7. The van der Waals surface area contributed by atoms with Crippen molar-refractivity contribution in [3.05, 3.63) is 6.20 Å². The zero-order valence-electron chi connectivity index (χ0n) is 10.6. The number of hydrogen-bond acceptors (Lipinski definition) is 5. The minimum absolute atomic E-state index is 0.371. The van der Waals surface area contributed by atoms with Gasteiger partial charge in [-0.3, -0.25) is 5.32 Å². The summed E-state index contributed by atoms with van der Waals surface area (Å²) in [4.78, 5) is 24.8. The van der Waals surface area contributed by atoms with E-state index in [1.807, 2.05) is 6.92 Å². The summed E-state index contributed by atoms with van der Waals surface area (Å²) in [6, 6.07) is -1.15. The van der Waals surface area contributed by atoms with Crippen LogP contribution in [-0.4, -0.2) is 44.2 Å². The predicted molar refractivity (Wildman–Crippen MR) is 70.1 cm³/mol. The summed E-state index contributed by atoms with van der Waals surface area (Å²) in [5.41, 5.74) is 0. The van der Waals surface area contributed by atoms with Crippen LogP contribution in [0.15, 0.2) is 6.20 Å². The molecular formula is C11H16N4O3S. The fraction of sp³-hybridized carbons (Fsp3) is 0.636. The number of carbonyl (C=O) groups excluding carboxylic acids is 1. The number of nitrogens with one attached hydrogen (secondary N) is 1.